The predicted octanol–water partition coefficient (Wildman–Crippen LogP) is 2.35. The largest absolute Gasteiger partial charge is 0.384 e. The minimum Gasteiger partial charge on any atom is -0.384 e. The van der Waals surface area contributed by atoms with Crippen LogP contribution in [-0.2, 0) is 9.09 Å². The zero-order valence-corrected chi connectivity index (χ0v) is 9.87. The van der Waals surface area contributed by atoms with Gasteiger partial charge in [-0.2, -0.15) is 0 Å². The molecule has 0 saturated carbocycles. The van der Waals surface area contributed by atoms with Crippen LogP contribution in [0.3, 0.4) is 0 Å². The first-order chi connectivity index (χ1) is 6.55. The summed E-state index contributed by atoms with van der Waals surface area (Å²) >= 11 is 0. The molecular weight excluding hydrogens is 203 g/mol. The number of rotatable bonds is 8. The molecular formula is C9H21O4P. The van der Waals surface area contributed by atoms with Crippen molar-refractivity contribution in [2.24, 2.45) is 5.92 Å². The molecule has 4 nitrogen and oxygen atoms in total. The fourth-order valence-corrected chi connectivity index (χ4v) is 1.69. The first-order valence-corrected chi connectivity index (χ1v) is 6.89. The molecule has 0 aliphatic heterocycles. The fraction of sp³-hybridized carbons (Fsp3) is 1.00. The Kier molecular flexibility index (Phi) is 7.47. The molecule has 0 aromatic carbocycles. The third-order valence-corrected chi connectivity index (χ3v) is 3.14. The molecule has 0 heterocycles. The molecule has 0 radical (unpaired) electrons. The van der Waals surface area contributed by atoms with Crippen LogP contribution in [0.1, 0.15) is 39.5 Å². The molecule has 0 spiro atoms. The minimum atomic E-state index is -3.72. The lowest BCUT2D eigenvalue weighted by Gasteiger charge is -2.16. The second-order valence-corrected chi connectivity index (χ2v) is 5.31. The summed E-state index contributed by atoms with van der Waals surface area (Å²) in [5, 5.41) is 8.52. The van der Waals surface area contributed by atoms with Crippen LogP contribution < -0.4 is 0 Å². The third-order valence-electron chi connectivity index (χ3n) is 2.23. The molecule has 0 amide bonds. The standard InChI is InChI=1S/C9H21O4P/c1-3-5-6-9(4-2)7-13-14(11,12)8-10/h9-10H,3-8H2,1-2H3,(H,11,12). The molecule has 0 saturated heterocycles. The Hall–Kier alpha value is 0.110. The summed E-state index contributed by atoms with van der Waals surface area (Å²) in [5.74, 6) is 0.321. The van der Waals surface area contributed by atoms with E-state index in [1.54, 1.807) is 0 Å². The number of hydrogen-bond donors (Lipinski definition) is 2. The number of aliphatic hydroxyl groups is 1. The van der Waals surface area contributed by atoms with Crippen LogP contribution in [-0.4, -0.2) is 23.0 Å². The van der Waals surface area contributed by atoms with E-state index in [-0.39, 0.29) is 6.61 Å². The van der Waals surface area contributed by atoms with Crippen LogP contribution in [0.15, 0.2) is 0 Å². The highest BCUT2D eigenvalue weighted by atomic mass is 31.2. The average Bonchev–Trinajstić information content (AvgIpc) is 2.18. The fourth-order valence-electron chi connectivity index (χ4n) is 1.16. The summed E-state index contributed by atoms with van der Waals surface area (Å²) in [5.41, 5.74) is 0. The second-order valence-electron chi connectivity index (χ2n) is 3.49. The monoisotopic (exact) mass is 224 g/mol. The summed E-state index contributed by atoms with van der Waals surface area (Å²) in [6.45, 7) is 4.41. The maximum Gasteiger partial charge on any atom is 0.353 e. The van der Waals surface area contributed by atoms with E-state index in [1.165, 1.54) is 0 Å². The van der Waals surface area contributed by atoms with E-state index in [4.69, 9.17) is 14.5 Å². The molecule has 5 heteroatoms. The molecule has 0 aromatic heterocycles. The van der Waals surface area contributed by atoms with Crippen LogP contribution in [0.25, 0.3) is 0 Å². The summed E-state index contributed by atoms with van der Waals surface area (Å²) in [4.78, 5) is 8.98. The van der Waals surface area contributed by atoms with Gasteiger partial charge >= 0.3 is 7.60 Å². The van der Waals surface area contributed by atoms with Crippen LogP contribution in [0, 0.1) is 5.92 Å². The highest BCUT2D eigenvalue weighted by molar-refractivity contribution is 7.52. The molecule has 14 heavy (non-hydrogen) atoms. The van der Waals surface area contributed by atoms with Crippen molar-refractivity contribution >= 4 is 7.60 Å². The van der Waals surface area contributed by atoms with Crippen molar-refractivity contribution in [3.63, 3.8) is 0 Å². The maximum absolute atomic E-state index is 11.0. The first kappa shape index (κ1) is 14.1. The Bertz CT molecular complexity index is 184. The van der Waals surface area contributed by atoms with Crippen molar-refractivity contribution in [3.05, 3.63) is 0 Å². The highest BCUT2D eigenvalue weighted by Crippen LogP contribution is 2.41. The molecule has 0 rings (SSSR count). The van der Waals surface area contributed by atoms with Crippen molar-refractivity contribution in [1.82, 2.24) is 0 Å². The summed E-state index contributed by atoms with van der Waals surface area (Å²) < 4.78 is 15.7. The quantitative estimate of drug-likeness (QED) is 0.621. The molecule has 0 aromatic rings. The Morgan fingerprint density at radius 2 is 2.07 bits per heavy atom. The number of hydrogen-bond acceptors (Lipinski definition) is 3. The van der Waals surface area contributed by atoms with Crippen LogP contribution >= 0.6 is 7.60 Å². The highest BCUT2D eigenvalue weighted by Gasteiger charge is 2.19. The lowest BCUT2D eigenvalue weighted by atomic mass is 10.0. The van der Waals surface area contributed by atoms with Gasteiger partial charge in [0.05, 0.1) is 6.61 Å². The molecule has 0 aliphatic rings. The van der Waals surface area contributed by atoms with Crippen molar-refractivity contribution in [2.75, 3.05) is 13.0 Å². The van der Waals surface area contributed by atoms with Crippen molar-refractivity contribution < 1.29 is 19.1 Å². The van der Waals surface area contributed by atoms with E-state index < -0.39 is 13.9 Å². The normalized spacial score (nSPS) is 17.7. The van der Waals surface area contributed by atoms with Gasteiger partial charge in [-0.15, -0.1) is 0 Å². The number of aliphatic hydroxyl groups excluding tert-OH is 1. The van der Waals surface area contributed by atoms with Crippen molar-refractivity contribution in [2.45, 2.75) is 39.5 Å². The van der Waals surface area contributed by atoms with Crippen molar-refractivity contribution in [1.29, 1.82) is 0 Å². The molecule has 2 N–H and O–H groups in total. The molecule has 2 atom stereocenters. The molecule has 0 aliphatic carbocycles. The molecule has 2 unspecified atom stereocenters. The Morgan fingerprint density at radius 1 is 1.43 bits per heavy atom. The predicted molar refractivity (Wildman–Crippen MR) is 56.2 cm³/mol. The van der Waals surface area contributed by atoms with Gasteiger partial charge in [0.1, 0.15) is 6.35 Å². The van der Waals surface area contributed by atoms with Gasteiger partial charge in [-0.05, 0) is 12.3 Å². The van der Waals surface area contributed by atoms with E-state index >= 15 is 0 Å². The van der Waals surface area contributed by atoms with Crippen LogP contribution in [0.5, 0.6) is 0 Å². The van der Waals surface area contributed by atoms with Crippen molar-refractivity contribution in [3.8, 4) is 0 Å². The van der Waals surface area contributed by atoms with E-state index in [2.05, 4.69) is 6.92 Å². The molecule has 0 bridgehead atoms. The maximum atomic E-state index is 11.0. The lowest BCUT2D eigenvalue weighted by Crippen LogP contribution is -2.08. The topological polar surface area (TPSA) is 66.8 Å². The van der Waals surface area contributed by atoms with E-state index in [0.29, 0.717) is 5.92 Å². The van der Waals surface area contributed by atoms with Gasteiger partial charge in [0.2, 0.25) is 0 Å². The van der Waals surface area contributed by atoms with Crippen LogP contribution in [0.2, 0.25) is 0 Å². The van der Waals surface area contributed by atoms with Gasteiger partial charge < -0.3 is 14.5 Å². The van der Waals surface area contributed by atoms with Gasteiger partial charge in [0.15, 0.2) is 0 Å². The summed E-state index contributed by atoms with van der Waals surface area (Å²) in [6, 6.07) is 0. The van der Waals surface area contributed by atoms with Gasteiger partial charge in [-0.1, -0.05) is 33.1 Å². The zero-order chi connectivity index (χ0) is 11.0. The zero-order valence-electron chi connectivity index (χ0n) is 8.98. The van der Waals surface area contributed by atoms with Gasteiger partial charge in [-0.3, -0.25) is 4.57 Å². The molecule has 86 valence electrons. The molecule has 0 fully saturated rings. The first-order valence-electron chi connectivity index (χ1n) is 5.13. The average molecular weight is 224 g/mol. The second kappa shape index (κ2) is 7.41. The van der Waals surface area contributed by atoms with Gasteiger partial charge in [0.25, 0.3) is 0 Å². The van der Waals surface area contributed by atoms with E-state index in [1.807, 2.05) is 6.92 Å². The van der Waals surface area contributed by atoms with E-state index in [9.17, 15) is 4.57 Å². The Morgan fingerprint density at radius 3 is 2.50 bits per heavy atom. The minimum absolute atomic E-state index is 0.269. The SMILES string of the molecule is CCCCC(CC)COP(=O)(O)CO. The van der Waals surface area contributed by atoms with E-state index in [0.717, 1.165) is 25.7 Å². The van der Waals surface area contributed by atoms with Gasteiger partial charge in [0, 0.05) is 0 Å². The van der Waals surface area contributed by atoms with Gasteiger partial charge in [-0.25, -0.2) is 0 Å². The number of unbranched alkanes of at least 4 members (excludes halogenated alkanes) is 1. The smallest absolute Gasteiger partial charge is 0.353 e. The summed E-state index contributed by atoms with van der Waals surface area (Å²) in [6.07, 6.45) is 3.38. The third kappa shape index (κ3) is 6.55. The Balaban J connectivity index is 3.77. The summed E-state index contributed by atoms with van der Waals surface area (Å²) in [7, 11) is -3.72. The van der Waals surface area contributed by atoms with Crippen LogP contribution in [0.4, 0.5) is 0 Å². The lowest BCUT2D eigenvalue weighted by molar-refractivity contribution is 0.185. The Labute approximate surface area is 85.8 Å².